The lowest BCUT2D eigenvalue weighted by molar-refractivity contribution is -0.141. The molecule has 4 saturated carbocycles. The first kappa shape index (κ1) is 16.6. The third-order valence-electron chi connectivity index (χ3n) is 5.89. The Morgan fingerprint density at radius 1 is 1.13 bits per heavy atom. The number of nitrogens with one attached hydrogen (secondary N) is 1. The second-order valence-electron chi connectivity index (χ2n) is 9.08. The van der Waals surface area contributed by atoms with Crippen molar-refractivity contribution in [3.8, 4) is 0 Å². The predicted molar refractivity (Wildman–Crippen MR) is 86.0 cm³/mol. The van der Waals surface area contributed by atoms with Gasteiger partial charge >= 0.3 is 12.1 Å². The van der Waals surface area contributed by atoms with Crippen LogP contribution in [0.2, 0.25) is 0 Å². The lowest BCUT2D eigenvalue weighted by Gasteiger charge is -2.59. The molecular weight excluding hydrogens is 294 g/mol. The monoisotopic (exact) mass is 323 g/mol. The van der Waals surface area contributed by atoms with E-state index >= 15 is 0 Å². The van der Waals surface area contributed by atoms with Crippen LogP contribution < -0.4 is 5.32 Å². The molecule has 1 atom stereocenters. The van der Waals surface area contributed by atoms with E-state index in [-0.39, 0.29) is 17.9 Å². The molecule has 4 rings (SSSR count). The van der Waals surface area contributed by atoms with Gasteiger partial charge in [0.05, 0.1) is 6.42 Å². The van der Waals surface area contributed by atoms with Gasteiger partial charge in [-0.25, -0.2) is 4.79 Å². The summed E-state index contributed by atoms with van der Waals surface area (Å²) in [6.07, 6.45) is 6.58. The summed E-state index contributed by atoms with van der Waals surface area (Å²) in [7, 11) is 0. The van der Waals surface area contributed by atoms with Crippen molar-refractivity contribution in [2.45, 2.75) is 77.4 Å². The molecule has 1 amide bonds. The van der Waals surface area contributed by atoms with Gasteiger partial charge in [-0.1, -0.05) is 0 Å². The molecular formula is C18H29NO4. The third-order valence-corrected chi connectivity index (χ3v) is 5.89. The zero-order valence-electron chi connectivity index (χ0n) is 14.4. The molecule has 4 fully saturated rings. The molecule has 0 aromatic heterocycles. The fourth-order valence-corrected chi connectivity index (χ4v) is 5.65. The lowest BCUT2D eigenvalue weighted by atomic mass is 9.47. The average molecular weight is 323 g/mol. The molecule has 4 bridgehead atoms. The Hall–Kier alpha value is -1.26. The number of carbonyl (C=O) groups is 2. The predicted octanol–water partition coefficient (Wildman–Crippen LogP) is 3.57. The Morgan fingerprint density at radius 2 is 1.61 bits per heavy atom. The van der Waals surface area contributed by atoms with Crippen LogP contribution in [0.1, 0.15) is 65.7 Å². The zero-order chi connectivity index (χ0) is 16.8. The van der Waals surface area contributed by atoms with Crippen LogP contribution in [0.4, 0.5) is 4.79 Å². The number of carboxylic acids is 1. The van der Waals surface area contributed by atoms with Crippen molar-refractivity contribution < 1.29 is 19.4 Å². The van der Waals surface area contributed by atoms with Gasteiger partial charge in [-0.2, -0.15) is 0 Å². The maximum absolute atomic E-state index is 12.2. The summed E-state index contributed by atoms with van der Waals surface area (Å²) >= 11 is 0. The SMILES string of the molecule is CC(C)(C)OC(=O)NC(CC(=O)O)C12CC3CC(CC(C3)C1)C2. The van der Waals surface area contributed by atoms with Crippen molar-refractivity contribution in [2.24, 2.45) is 23.2 Å². The summed E-state index contributed by atoms with van der Waals surface area (Å²) in [5.41, 5.74) is -0.608. The van der Waals surface area contributed by atoms with Gasteiger partial charge in [-0.05, 0) is 82.5 Å². The summed E-state index contributed by atoms with van der Waals surface area (Å²) in [5.74, 6) is 1.32. The standard InChI is InChI=1S/C18H29NO4/c1-17(2,3)23-16(22)19-14(7-15(20)21)18-8-11-4-12(9-18)6-13(5-11)10-18/h11-14H,4-10H2,1-3H3,(H,19,22)(H,20,21). The molecule has 4 aliphatic rings. The quantitative estimate of drug-likeness (QED) is 0.829. The van der Waals surface area contributed by atoms with E-state index < -0.39 is 17.7 Å². The number of ether oxygens (including phenoxy) is 1. The van der Waals surface area contributed by atoms with Crippen LogP contribution in [0, 0.1) is 23.2 Å². The Kier molecular flexibility index (Phi) is 4.09. The molecule has 0 saturated heterocycles. The van der Waals surface area contributed by atoms with Gasteiger partial charge in [-0.15, -0.1) is 0 Å². The van der Waals surface area contributed by atoms with Crippen LogP contribution in [0.5, 0.6) is 0 Å². The molecule has 0 spiro atoms. The van der Waals surface area contributed by atoms with Crippen LogP contribution >= 0.6 is 0 Å². The first-order chi connectivity index (χ1) is 10.7. The molecule has 0 heterocycles. The smallest absolute Gasteiger partial charge is 0.407 e. The Morgan fingerprint density at radius 3 is 2.00 bits per heavy atom. The molecule has 2 N–H and O–H groups in total. The number of rotatable bonds is 4. The van der Waals surface area contributed by atoms with Crippen molar-refractivity contribution in [1.29, 1.82) is 0 Å². The number of aliphatic carboxylic acids is 1. The van der Waals surface area contributed by atoms with Gasteiger partial charge in [0.15, 0.2) is 0 Å². The number of hydrogen-bond acceptors (Lipinski definition) is 3. The van der Waals surface area contributed by atoms with Gasteiger partial charge in [0.1, 0.15) is 5.60 Å². The molecule has 0 aliphatic heterocycles. The third kappa shape index (κ3) is 3.64. The number of amides is 1. The minimum absolute atomic E-state index is 0.00853. The van der Waals surface area contributed by atoms with E-state index in [2.05, 4.69) is 5.32 Å². The van der Waals surface area contributed by atoms with Crippen molar-refractivity contribution in [3.63, 3.8) is 0 Å². The fourth-order valence-electron chi connectivity index (χ4n) is 5.65. The van der Waals surface area contributed by atoms with Crippen molar-refractivity contribution in [3.05, 3.63) is 0 Å². The maximum atomic E-state index is 12.2. The average Bonchev–Trinajstić information content (AvgIpc) is 2.33. The summed E-state index contributed by atoms with van der Waals surface area (Å²) in [6.45, 7) is 5.47. The first-order valence-corrected chi connectivity index (χ1v) is 8.86. The van der Waals surface area contributed by atoms with Crippen molar-refractivity contribution in [1.82, 2.24) is 5.32 Å². The van der Waals surface area contributed by atoms with Crippen LogP contribution in [0.3, 0.4) is 0 Å². The second-order valence-corrected chi connectivity index (χ2v) is 9.08. The molecule has 5 nitrogen and oxygen atoms in total. The van der Waals surface area contributed by atoms with E-state index in [4.69, 9.17) is 4.74 Å². The molecule has 0 radical (unpaired) electrons. The van der Waals surface area contributed by atoms with E-state index in [1.807, 2.05) is 20.8 Å². The van der Waals surface area contributed by atoms with Crippen LogP contribution in [0.25, 0.3) is 0 Å². The summed E-state index contributed by atoms with van der Waals surface area (Å²) in [4.78, 5) is 23.6. The lowest BCUT2D eigenvalue weighted by Crippen LogP contribution is -2.57. The zero-order valence-corrected chi connectivity index (χ0v) is 14.4. The molecule has 130 valence electrons. The van der Waals surface area contributed by atoms with E-state index in [9.17, 15) is 14.7 Å². The number of alkyl carbamates (subject to hydrolysis) is 1. The molecule has 4 aliphatic carbocycles. The van der Waals surface area contributed by atoms with E-state index in [0.29, 0.717) is 0 Å². The normalized spacial score (nSPS) is 36.6. The highest BCUT2D eigenvalue weighted by atomic mass is 16.6. The first-order valence-electron chi connectivity index (χ1n) is 8.86. The minimum Gasteiger partial charge on any atom is -0.481 e. The molecule has 23 heavy (non-hydrogen) atoms. The number of hydrogen-bond donors (Lipinski definition) is 2. The molecule has 1 unspecified atom stereocenters. The van der Waals surface area contributed by atoms with Crippen molar-refractivity contribution >= 4 is 12.1 Å². The molecule has 0 aromatic rings. The highest BCUT2D eigenvalue weighted by Crippen LogP contribution is 2.61. The van der Waals surface area contributed by atoms with Crippen LogP contribution in [-0.2, 0) is 9.53 Å². The Labute approximate surface area is 138 Å². The van der Waals surface area contributed by atoms with Gasteiger partial charge in [0.25, 0.3) is 0 Å². The summed E-state index contributed by atoms with van der Waals surface area (Å²) < 4.78 is 5.37. The van der Waals surface area contributed by atoms with Gasteiger partial charge in [0, 0.05) is 6.04 Å². The number of carboxylic acid groups (broad SMARTS) is 1. The van der Waals surface area contributed by atoms with E-state index in [1.54, 1.807) is 0 Å². The van der Waals surface area contributed by atoms with Gasteiger partial charge in [0.2, 0.25) is 0 Å². The second kappa shape index (κ2) is 5.67. The van der Waals surface area contributed by atoms with Crippen molar-refractivity contribution in [2.75, 3.05) is 0 Å². The van der Waals surface area contributed by atoms with E-state index in [1.165, 1.54) is 19.3 Å². The largest absolute Gasteiger partial charge is 0.481 e. The van der Waals surface area contributed by atoms with Gasteiger partial charge < -0.3 is 15.2 Å². The number of carbonyl (C=O) groups excluding carboxylic acids is 1. The topological polar surface area (TPSA) is 75.6 Å². The maximum Gasteiger partial charge on any atom is 0.407 e. The fraction of sp³-hybridized carbons (Fsp3) is 0.889. The highest BCUT2D eigenvalue weighted by molar-refractivity contribution is 5.72. The molecule has 0 aromatic carbocycles. The summed E-state index contributed by atoms with van der Waals surface area (Å²) in [5, 5.41) is 12.3. The molecule has 5 heteroatoms. The van der Waals surface area contributed by atoms with Gasteiger partial charge in [-0.3, -0.25) is 4.79 Å². The van der Waals surface area contributed by atoms with Crippen LogP contribution in [0.15, 0.2) is 0 Å². The summed E-state index contributed by atoms with van der Waals surface area (Å²) in [6, 6.07) is -0.316. The Balaban J connectivity index is 1.76. The minimum atomic E-state index is -0.846. The van der Waals surface area contributed by atoms with E-state index in [0.717, 1.165) is 37.0 Å². The highest BCUT2D eigenvalue weighted by Gasteiger charge is 2.55. The Bertz CT molecular complexity index is 458. The van der Waals surface area contributed by atoms with Crippen LogP contribution in [-0.4, -0.2) is 28.8 Å².